The van der Waals surface area contributed by atoms with E-state index in [0.717, 1.165) is 17.3 Å². The van der Waals surface area contributed by atoms with Crippen molar-refractivity contribution in [3.05, 3.63) is 42.5 Å². The highest BCUT2D eigenvalue weighted by molar-refractivity contribution is 7.80. The van der Waals surface area contributed by atoms with Gasteiger partial charge in [-0.05, 0) is 25.2 Å². The third-order valence-electron chi connectivity index (χ3n) is 3.63. The van der Waals surface area contributed by atoms with Gasteiger partial charge in [0, 0.05) is 18.5 Å². The summed E-state index contributed by atoms with van der Waals surface area (Å²) in [5, 5.41) is 4.13. The SMILES string of the molecule is C=CCN1C(=S)N[C@H]2C[C@@]1(C)Oc1ccccc12. The molecule has 1 N–H and O–H groups in total. The van der Waals surface area contributed by atoms with E-state index >= 15 is 0 Å². The van der Waals surface area contributed by atoms with E-state index in [1.807, 2.05) is 24.3 Å². The molecule has 3 nitrogen and oxygen atoms in total. The Bertz CT molecular complexity index is 516. The fraction of sp³-hybridized carbons (Fsp3) is 0.357. The highest BCUT2D eigenvalue weighted by atomic mass is 32.1. The van der Waals surface area contributed by atoms with E-state index in [9.17, 15) is 0 Å². The van der Waals surface area contributed by atoms with Crippen molar-refractivity contribution in [3.63, 3.8) is 0 Å². The summed E-state index contributed by atoms with van der Waals surface area (Å²) >= 11 is 5.43. The van der Waals surface area contributed by atoms with Gasteiger partial charge in [0.15, 0.2) is 10.8 Å². The first-order valence-electron chi connectivity index (χ1n) is 6.11. The van der Waals surface area contributed by atoms with Crippen LogP contribution in [0, 0.1) is 0 Å². The minimum Gasteiger partial charge on any atom is -0.468 e. The predicted octanol–water partition coefficient (Wildman–Crippen LogP) is 2.60. The Labute approximate surface area is 112 Å². The average molecular weight is 260 g/mol. The van der Waals surface area contributed by atoms with Crippen molar-refractivity contribution >= 4 is 17.3 Å². The first kappa shape index (κ1) is 11.5. The molecule has 2 bridgehead atoms. The molecule has 0 aliphatic carbocycles. The molecule has 1 aromatic rings. The Morgan fingerprint density at radius 1 is 1.61 bits per heavy atom. The lowest BCUT2D eigenvalue weighted by Crippen LogP contribution is -2.64. The first-order chi connectivity index (χ1) is 8.64. The molecule has 4 heteroatoms. The fourth-order valence-electron chi connectivity index (χ4n) is 2.77. The molecule has 1 saturated heterocycles. The monoisotopic (exact) mass is 260 g/mol. The number of benzene rings is 1. The Kier molecular flexibility index (Phi) is 2.55. The molecule has 18 heavy (non-hydrogen) atoms. The molecule has 0 radical (unpaired) electrons. The highest BCUT2D eigenvalue weighted by Crippen LogP contribution is 2.43. The number of nitrogens with one attached hydrogen (secondary N) is 1. The van der Waals surface area contributed by atoms with Gasteiger partial charge in [0.2, 0.25) is 0 Å². The van der Waals surface area contributed by atoms with Crippen molar-refractivity contribution in [3.8, 4) is 5.75 Å². The maximum Gasteiger partial charge on any atom is 0.184 e. The number of ether oxygens (including phenoxy) is 1. The molecule has 0 saturated carbocycles. The Balaban J connectivity index is 2.04. The van der Waals surface area contributed by atoms with Gasteiger partial charge >= 0.3 is 0 Å². The van der Waals surface area contributed by atoms with Gasteiger partial charge in [0.1, 0.15) is 5.75 Å². The lowest BCUT2D eigenvalue weighted by atomic mass is 9.91. The van der Waals surface area contributed by atoms with Crippen molar-refractivity contribution in [2.45, 2.75) is 25.1 Å². The van der Waals surface area contributed by atoms with Crippen LogP contribution in [0.2, 0.25) is 0 Å². The van der Waals surface area contributed by atoms with Crippen molar-refractivity contribution in [2.75, 3.05) is 6.54 Å². The van der Waals surface area contributed by atoms with Gasteiger partial charge in [-0.25, -0.2) is 0 Å². The van der Waals surface area contributed by atoms with Gasteiger partial charge in [-0.15, -0.1) is 6.58 Å². The van der Waals surface area contributed by atoms with Crippen LogP contribution in [-0.2, 0) is 0 Å². The second-order valence-electron chi connectivity index (χ2n) is 4.92. The number of nitrogens with zero attached hydrogens (tertiary/aromatic N) is 1. The molecule has 2 atom stereocenters. The molecule has 2 aliphatic heterocycles. The zero-order chi connectivity index (χ0) is 12.8. The van der Waals surface area contributed by atoms with Crippen LogP contribution in [0.5, 0.6) is 5.75 Å². The predicted molar refractivity (Wildman–Crippen MR) is 75.5 cm³/mol. The summed E-state index contributed by atoms with van der Waals surface area (Å²) < 4.78 is 6.18. The van der Waals surface area contributed by atoms with Crippen LogP contribution in [-0.4, -0.2) is 22.3 Å². The summed E-state index contributed by atoms with van der Waals surface area (Å²) in [4.78, 5) is 2.06. The number of rotatable bonds is 2. The lowest BCUT2D eigenvalue weighted by Gasteiger charge is -2.52. The molecule has 1 fully saturated rings. The molecule has 2 heterocycles. The van der Waals surface area contributed by atoms with E-state index in [1.165, 1.54) is 5.56 Å². The van der Waals surface area contributed by atoms with E-state index < -0.39 is 0 Å². The smallest absolute Gasteiger partial charge is 0.184 e. The molecule has 0 aromatic heterocycles. The van der Waals surface area contributed by atoms with Crippen molar-refractivity contribution in [1.29, 1.82) is 0 Å². The first-order valence-corrected chi connectivity index (χ1v) is 6.52. The summed E-state index contributed by atoms with van der Waals surface area (Å²) in [5.74, 6) is 0.945. The molecular weight excluding hydrogens is 244 g/mol. The summed E-state index contributed by atoms with van der Waals surface area (Å²) in [6.45, 7) is 6.57. The van der Waals surface area contributed by atoms with Gasteiger partial charge in [-0.3, -0.25) is 0 Å². The summed E-state index contributed by atoms with van der Waals surface area (Å²) in [6.07, 6.45) is 2.74. The molecular formula is C14H16N2OS. The number of thiocarbonyl (C=S) groups is 1. The van der Waals surface area contributed by atoms with E-state index in [-0.39, 0.29) is 11.8 Å². The second-order valence-corrected chi connectivity index (χ2v) is 5.31. The molecule has 0 spiro atoms. The van der Waals surface area contributed by atoms with Crippen LogP contribution < -0.4 is 10.1 Å². The molecule has 2 aliphatic rings. The molecule has 94 valence electrons. The second kappa shape index (κ2) is 3.99. The average Bonchev–Trinajstić information content (AvgIpc) is 2.34. The Hall–Kier alpha value is -1.55. The van der Waals surface area contributed by atoms with Crippen LogP contribution in [0.15, 0.2) is 36.9 Å². The van der Waals surface area contributed by atoms with Gasteiger partial charge in [-0.2, -0.15) is 0 Å². The van der Waals surface area contributed by atoms with Gasteiger partial charge in [0.05, 0.1) is 6.04 Å². The summed E-state index contributed by atoms with van der Waals surface area (Å²) in [6, 6.07) is 8.39. The molecule has 1 aromatic carbocycles. The van der Waals surface area contributed by atoms with Gasteiger partial charge < -0.3 is 15.0 Å². The molecule has 0 unspecified atom stereocenters. The van der Waals surface area contributed by atoms with Crippen molar-refractivity contribution in [2.24, 2.45) is 0 Å². The standard InChI is InChI=1S/C14H16N2OS/c1-3-8-16-13(18)15-11-9-14(16,2)17-12-7-5-4-6-10(11)12/h3-7,11H,1,8-9H2,2H3,(H,15,18)/t11-,14+/m0/s1. The number of hydrogen-bond acceptors (Lipinski definition) is 2. The van der Waals surface area contributed by atoms with Crippen molar-refractivity contribution < 1.29 is 4.74 Å². The minimum atomic E-state index is -0.379. The normalized spacial score (nSPS) is 29.1. The van der Waals surface area contributed by atoms with Crippen LogP contribution in [0.3, 0.4) is 0 Å². The van der Waals surface area contributed by atoms with E-state index in [2.05, 4.69) is 29.8 Å². The Morgan fingerprint density at radius 2 is 2.39 bits per heavy atom. The van der Waals surface area contributed by atoms with E-state index in [4.69, 9.17) is 17.0 Å². The third kappa shape index (κ3) is 1.60. The van der Waals surface area contributed by atoms with Gasteiger partial charge in [0.25, 0.3) is 0 Å². The zero-order valence-corrected chi connectivity index (χ0v) is 11.2. The van der Waals surface area contributed by atoms with Crippen LogP contribution in [0.25, 0.3) is 0 Å². The zero-order valence-electron chi connectivity index (χ0n) is 10.3. The molecule has 3 rings (SSSR count). The van der Waals surface area contributed by atoms with Gasteiger partial charge in [-0.1, -0.05) is 24.3 Å². The fourth-order valence-corrected chi connectivity index (χ4v) is 3.18. The van der Waals surface area contributed by atoms with Crippen LogP contribution in [0.4, 0.5) is 0 Å². The quantitative estimate of drug-likeness (QED) is 0.652. The third-order valence-corrected chi connectivity index (χ3v) is 3.97. The maximum absolute atomic E-state index is 6.18. The number of hydrogen-bond donors (Lipinski definition) is 1. The molecule has 0 amide bonds. The largest absolute Gasteiger partial charge is 0.468 e. The minimum absolute atomic E-state index is 0.244. The van der Waals surface area contributed by atoms with E-state index in [1.54, 1.807) is 0 Å². The highest BCUT2D eigenvalue weighted by Gasteiger charge is 2.46. The topological polar surface area (TPSA) is 24.5 Å². The summed E-state index contributed by atoms with van der Waals surface area (Å²) in [7, 11) is 0. The number of para-hydroxylation sites is 1. The van der Waals surface area contributed by atoms with Crippen molar-refractivity contribution in [1.82, 2.24) is 10.2 Å². The van der Waals surface area contributed by atoms with E-state index in [0.29, 0.717) is 6.54 Å². The maximum atomic E-state index is 6.18. The lowest BCUT2D eigenvalue weighted by molar-refractivity contribution is -0.0631. The Morgan fingerprint density at radius 3 is 3.17 bits per heavy atom. The summed E-state index contributed by atoms with van der Waals surface area (Å²) in [5.41, 5.74) is 0.811. The van der Waals surface area contributed by atoms with Crippen LogP contribution in [0.1, 0.15) is 24.9 Å². The van der Waals surface area contributed by atoms with Crippen LogP contribution >= 0.6 is 12.2 Å². The number of fused-ring (bicyclic) bond motifs is 4.